The number of halogens is 8. The van der Waals surface area contributed by atoms with Gasteiger partial charge in [-0.15, -0.1) is 0 Å². The molecule has 3 rings (SSSR count). The molecule has 1 saturated carbocycles. The predicted octanol–water partition coefficient (Wildman–Crippen LogP) is 6.16. The Labute approximate surface area is 197 Å². The van der Waals surface area contributed by atoms with Gasteiger partial charge in [0.1, 0.15) is 11.9 Å². The fourth-order valence-electron chi connectivity index (χ4n) is 4.30. The van der Waals surface area contributed by atoms with E-state index in [-0.39, 0.29) is 18.9 Å². The van der Waals surface area contributed by atoms with Gasteiger partial charge in [-0.2, -0.15) is 35.1 Å². The molecule has 0 bridgehead atoms. The zero-order valence-corrected chi connectivity index (χ0v) is 18.5. The van der Waals surface area contributed by atoms with Crippen LogP contribution in [-0.4, -0.2) is 41.8 Å². The largest absolute Gasteiger partial charge is 0.490 e. The summed E-state index contributed by atoms with van der Waals surface area (Å²) in [5.74, 6) is -4.46. The quantitative estimate of drug-likeness (QED) is 0.418. The number of hydrogen-bond acceptors (Lipinski definition) is 3. The van der Waals surface area contributed by atoms with Gasteiger partial charge in [0, 0.05) is 24.1 Å². The Morgan fingerprint density at radius 3 is 2.14 bits per heavy atom. The van der Waals surface area contributed by atoms with Gasteiger partial charge >= 0.3 is 18.3 Å². The van der Waals surface area contributed by atoms with Gasteiger partial charge < -0.3 is 15.2 Å². The van der Waals surface area contributed by atoms with Crippen molar-refractivity contribution in [3.8, 4) is 5.75 Å². The van der Waals surface area contributed by atoms with Gasteiger partial charge in [-0.1, -0.05) is 42.5 Å². The number of alkyl halides is 8. The van der Waals surface area contributed by atoms with Crippen LogP contribution in [0.4, 0.5) is 35.1 Å². The Balaban J connectivity index is 1.81. The zero-order valence-electron chi connectivity index (χ0n) is 18.5. The van der Waals surface area contributed by atoms with Gasteiger partial charge in [-0.05, 0) is 43.4 Å². The minimum Gasteiger partial charge on any atom is -0.490 e. The molecule has 2 N–H and O–H groups in total. The lowest BCUT2D eigenvalue weighted by Crippen LogP contribution is -2.55. The summed E-state index contributed by atoms with van der Waals surface area (Å²) in [6.07, 6.45) is -11.7. The van der Waals surface area contributed by atoms with Crippen molar-refractivity contribution in [2.75, 3.05) is 6.54 Å². The van der Waals surface area contributed by atoms with Crippen LogP contribution in [0.1, 0.15) is 36.8 Å². The van der Waals surface area contributed by atoms with Gasteiger partial charge in [-0.25, -0.2) is 0 Å². The van der Waals surface area contributed by atoms with Crippen LogP contribution >= 0.6 is 0 Å². The van der Waals surface area contributed by atoms with E-state index in [9.17, 15) is 40.2 Å². The van der Waals surface area contributed by atoms with E-state index in [1.54, 1.807) is 30.3 Å². The maximum absolute atomic E-state index is 13.6. The van der Waals surface area contributed by atoms with Gasteiger partial charge in [0.25, 0.3) is 0 Å². The molecule has 0 spiro atoms. The van der Waals surface area contributed by atoms with E-state index in [4.69, 9.17) is 4.74 Å². The maximum atomic E-state index is 13.6. The summed E-state index contributed by atoms with van der Waals surface area (Å²) in [6.45, 7) is -0.800. The molecule has 0 heterocycles. The van der Waals surface area contributed by atoms with E-state index in [0.29, 0.717) is 42.7 Å². The summed E-state index contributed by atoms with van der Waals surface area (Å²) in [5, 5.41) is 12.3. The average Bonchev–Trinajstić information content (AvgIpc) is 2.77. The van der Waals surface area contributed by atoms with Gasteiger partial charge in [0.05, 0.1) is 0 Å². The summed E-state index contributed by atoms with van der Waals surface area (Å²) >= 11 is 0. The Kier molecular flexibility index (Phi) is 8.00. The smallest absolute Gasteiger partial charge is 0.458 e. The van der Waals surface area contributed by atoms with Crippen molar-refractivity contribution in [1.29, 1.82) is 0 Å². The van der Waals surface area contributed by atoms with Gasteiger partial charge in [-0.3, -0.25) is 0 Å². The minimum atomic E-state index is -5.75. The fraction of sp³-hybridized carbons (Fsp3) is 0.500. The van der Waals surface area contributed by atoms with Crippen LogP contribution in [0.15, 0.2) is 54.6 Å². The molecule has 0 amide bonds. The SMILES string of the molecule is OC(CNC1(Cc2ccc(C(F)(F)C(F)(F)F)cc2)CCCC(Oc2ccccc2)C1)C(F)(F)F. The third-order valence-electron chi connectivity index (χ3n) is 6.11. The molecule has 3 unspecified atom stereocenters. The number of ether oxygens (including phenoxy) is 1. The standard InChI is InChI=1S/C24H25F8NO2/c25-22(26,24(30,31)32)17-10-8-16(9-11-17)13-21(33-15-20(34)23(27,28)29)12-4-7-19(14-21)35-18-5-2-1-3-6-18/h1-3,5-6,8-11,19-20,33-34H,4,7,12-15H2. The van der Waals surface area contributed by atoms with E-state index in [2.05, 4.69) is 5.32 Å². The lowest BCUT2D eigenvalue weighted by atomic mass is 9.75. The van der Waals surface area contributed by atoms with Crippen molar-refractivity contribution < 1.29 is 45.0 Å². The van der Waals surface area contributed by atoms with Gasteiger partial charge in [0.15, 0.2) is 6.10 Å². The Bertz CT molecular complexity index is 947. The molecule has 1 aliphatic carbocycles. The molecule has 194 valence electrons. The molecule has 0 radical (unpaired) electrons. The zero-order chi connectivity index (χ0) is 25.9. The van der Waals surface area contributed by atoms with E-state index < -0.39 is 42.0 Å². The van der Waals surface area contributed by atoms with Crippen molar-refractivity contribution in [2.45, 2.75) is 68.1 Å². The van der Waals surface area contributed by atoms with E-state index >= 15 is 0 Å². The molecule has 1 fully saturated rings. The number of aliphatic hydroxyl groups excluding tert-OH is 1. The summed E-state index contributed by atoms with van der Waals surface area (Å²) in [6, 6.07) is 12.4. The van der Waals surface area contributed by atoms with Gasteiger partial charge in [0.2, 0.25) is 0 Å². The highest BCUT2D eigenvalue weighted by atomic mass is 19.4. The Morgan fingerprint density at radius 2 is 1.57 bits per heavy atom. The van der Waals surface area contributed by atoms with Crippen LogP contribution in [0, 0.1) is 0 Å². The maximum Gasteiger partial charge on any atom is 0.458 e. The Morgan fingerprint density at radius 1 is 0.943 bits per heavy atom. The lowest BCUT2D eigenvalue weighted by Gasteiger charge is -2.42. The minimum absolute atomic E-state index is 0.0457. The van der Waals surface area contributed by atoms with Crippen molar-refractivity contribution >= 4 is 0 Å². The van der Waals surface area contributed by atoms with E-state index in [1.165, 1.54) is 0 Å². The topological polar surface area (TPSA) is 41.5 Å². The monoisotopic (exact) mass is 511 g/mol. The average molecular weight is 511 g/mol. The molecule has 0 aliphatic heterocycles. The predicted molar refractivity (Wildman–Crippen MR) is 112 cm³/mol. The van der Waals surface area contributed by atoms with Crippen LogP contribution < -0.4 is 10.1 Å². The molecule has 0 aromatic heterocycles. The number of benzene rings is 2. The molecular formula is C24H25F8NO2. The molecule has 35 heavy (non-hydrogen) atoms. The highest BCUT2D eigenvalue weighted by Gasteiger charge is 2.58. The summed E-state index contributed by atoms with van der Waals surface area (Å²) in [5.41, 5.74) is -1.86. The fourth-order valence-corrected chi connectivity index (χ4v) is 4.30. The van der Waals surface area contributed by atoms with Crippen molar-refractivity contribution in [1.82, 2.24) is 5.32 Å². The normalized spacial score (nSPS) is 22.6. The first-order valence-electron chi connectivity index (χ1n) is 11.0. The summed E-state index contributed by atoms with van der Waals surface area (Å²) in [7, 11) is 0. The van der Waals surface area contributed by atoms with E-state index in [1.807, 2.05) is 0 Å². The first-order chi connectivity index (χ1) is 16.2. The highest BCUT2D eigenvalue weighted by Crippen LogP contribution is 2.44. The van der Waals surface area contributed by atoms with Crippen LogP contribution in [0.3, 0.4) is 0 Å². The highest BCUT2D eigenvalue weighted by molar-refractivity contribution is 5.29. The number of para-hydroxylation sites is 1. The molecule has 11 heteroatoms. The second-order valence-electron chi connectivity index (χ2n) is 8.81. The molecular weight excluding hydrogens is 486 g/mol. The molecule has 1 aliphatic rings. The Hall–Kier alpha value is -2.40. The van der Waals surface area contributed by atoms with Crippen molar-refractivity contribution in [3.63, 3.8) is 0 Å². The number of aliphatic hydroxyl groups is 1. The first-order valence-corrected chi connectivity index (χ1v) is 11.0. The second kappa shape index (κ2) is 10.3. The second-order valence-corrected chi connectivity index (χ2v) is 8.81. The molecule has 3 atom stereocenters. The molecule has 3 nitrogen and oxygen atoms in total. The summed E-state index contributed by atoms with van der Waals surface area (Å²) in [4.78, 5) is 0. The molecule has 0 saturated heterocycles. The summed E-state index contributed by atoms with van der Waals surface area (Å²) < 4.78 is 110. The number of hydrogen-bond donors (Lipinski definition) is 2. The lowest BCUT2D eigenvalue weighted by molar-refractivity contribution is -0.289. The van der Waals surface area contributed by atoms with E-state index in [0.717, 1.165) is 12.1 Å². The van der Waals surface area contributed by atoms with Crippen molar-refractivity contribution in [2.24, 2.45) is 0 Å². The molecule has 2 aromatic carbocycles. The number of β-amino-alcohol motifs (C(OH)–C–C–N with tert-alkyl or cyclic N) is 1. The van der Waals surface area contributed by atoms with Crippen LogP contribution in [-0.2, 0) is 12.3 Å². The third kappa shape index (κ3) is 6.84. The van der Waals surface area contributed by atoms with Crippen molar-refractivity contribution in [3.05, 3.63) is 65.7 Å². The molecule has 2 aromatic rings. The van der Waals surface area contributed by atoms with Crippen LogP contribution in [0.25, 0.3) is 0 Å². The van der Waals surface area contributed by atoms with Crippen LogP contribution in [0.2, 0.25) is 0 Å². The first kappa shape index (κ1) is 27.2. The number of rotatable bonds is 8. The van der Waals surface area contributed by atoms with Crippen LogP contribution in [0.5, 0.6) is 5.75 Å². The number of nitrogens with one attached hydrogen (secondary N) is 1. The third-order valence-corrected chi connectivity index (χ3v) is 6.11.